The zero-order valence-electron chi connectivity index (χ0n) is 21.3. The normalized spacial score (nSPS) is 26.7. The molecule has 1 heterocycles. The molecule has 5 rings (SSSR count). The van der Waals surface area contributed by atoms with Gasteiger partial charge in [-0.25, -0.2) is 0 Å². The molecule has 3 aliphatic rings. The van der Waals surface area contributed by atoms with Crippen LogP contribution < -0.4 is 0 Å². The third-order valence-electron chi connectivity index (χ3n) is 8.74. The molecule has 2 saturated carbocycles. The third kappa shape index (κ3) is 5.71. The Balaban J connectivity index is 1.33. The van der Waals surface area contributed by atoms with Crippen LogP contribution in [0.1, 0.15) is 55.2 Å². The molecule has 0 bridgehead atoms. The number of rotatable bonds is 6. The van der Waals surface area contributed by atoms with Crippen molar-refractivity contribution in [2.24, 2.45) is 11.8 Å². The van der Waals surface area contributed by atoms with Gasteiger partial charge in [-0.05, 0) is 98.4 Å². The minimum absolute atomic E-state index is 0.0206. The van der Waals surface area contributed by atoms with Crippen LogP contribution >= 0.6 is 0 Å². The molecule has 4 nitrogen and oxygen atoms in total. The number of alkyl halides is 3. The average molecular weight is 513 g/mol. The second-order valence-corrected chi connectivity index (χ2v) is 11.2. The fraction of sp³-hybridized carbons (Fsp3) is 0.500. The molecule has 7 heteroatoms. The zero-order valence-corrected chi connectivity index (χ0v) is 21.3. The van der Waals surface area contributed by atoms with Crippen molar-refractivity contribution >= 4 is 12.0 Å². The van der Waals surface area contributed by atoms with E-state index < -0.39 is 11.7 Å². The summed E-state index contributed by atoms with van der Waals surface area (Å²) in [5.41, 5.74) is 0.657. The van der Waals surface area contributed by atoms with Crippen LogP contribution in [0.4, 0.5) is 13.2 Å². The lowest BCUT2D eigenvalue weighted by Crippen LogP contribution is -2.56. The van der Waals surface area contributed by atoms with Crippen LogP contribution in [0, 0.1) is 11.8 Å². The van der Waals surface area contributed by atoms with Gasteiger partial charge in [-0.1, -0.05) is 24.3 Å². The number of phenolic OH excluding ortho intramolecular Hbond substituents is 1. The lowest BCUT2D eigenvalue weighted by molar-refractivity contribution is -0.137. The predicted molar refractivity (Wildman–Crippen MR) is 138 cm³/mol. The molecular weight excluding hydrogens is 477 g/mol. The van der Waals surface area contributed by atoms with Gasteiger partial charge in [-0.15, -0.1) is 0 Å². The number of phenols is 1. The van der Waals surface area contributed by atoms with E-state index in [0.29, 0.717) is 11.5 Å². The number of fused-ring (bicyclic) bond motifs is 1. The molecule has 0 aromatic heterocycles. The van der Waals surface area contributed by atoms with Crippen molar-refractivity contribution in [1.29, 1.82) is 0 Å². The summed E-state index contributed by atoms with van der Waals surface area (Å²) >= 11 is 0. The minimum Gasteiger partial charge on any atom is -0.508 e. The fourth-order valence-electron chi connectivity index (χ4n) is 6.45. The first-order valence-corrected chi connectivity index (χ1v) is 13.3. The van der Waals surface area contributed by atoms with Crippen LogP contribution in [-0.2, 0) is 16.4 Å². The van der Waals surface area contributed by atoms with Crippen molar-refractivity contribution in [2.75, 3.05) is 26.7 Å². The van der Waals surface area contributed by atoms with Gasteiger partial charge < -0.3 is 14.9 Å². The molecule has 37 heavy (non-hydrogen) atoms. The van der Waals surface area contributed by atoms with Crippen molar-refractivity contribution in [2.45, 2.75) is 56.2 Å². The van der Waals surface area contributed by atoms with Gasteiger partial charge in [0.25, 0.3) is 0 Å². The molecule has 3 fully saturated rings. The first kappa shape index (κ1) is 25.8. The van der Waals surface area contributed by atoms with Crippen LogP contribution in [-0.4, -0.2) is 53.5 Å². The number of hydrogen-bond donors (Lipinski definition) is 1. The maximum Gasteiger partial charge on any atom is 0.416 e. The summed E-state index contributed by atoms with van der Waals surface area (Å²) in [6.07, 6.45) is 4.78. The quantitative estimate of drug-likeness (QED) is 0.476. The largest absolute Gasteiger partial charge is 0.508 e. The standard InChI is InChI=1S/C30H35F3N2O2/c1-34(28(37)13-10-21-4-2-6-24(16-21)30(31,32)33)26-12-11-25-20-35(19-22-8-9-22)15-14-29(25,18-26)23-5-3-7-27(36)17-23/h2-7,10,13,16-17,22,25-26,36H,8-9,11-12,14-15,18-20H2,1H3/b13-10+/t25-,26?,29+/m0/s1. The highest BCUT2D eigenvalue weighted by atomic mass is 19.4. The van der Waals surface area contributed by atoms with Gasteiger partial charge in [-0.3, -0.25) is 4.79 Å². The summed E-state index contributed by atoms with van der Waals surface area (Å²) in [4.78, 5) is 17.5. The summed E-state index contributed by atoms with van der Waals surface area (Å²) in [5.74, 6) is 1.36. The van der Waals surface area contributed by atoms with E-state index >= 15 is 0 Å². The van der Waals surface area contributed by atoms with Gasteiger partial charge in [0.15, 0.2) is 0 Å². The summed E-state index contributed by atoms with van der Waals surface area (Å²) in [5, 5.41) is 10.3. The van der Waals surface area contributed by atoms with E-state index in [1.165, 1.54) is 37.6 Å². The molecule has 1 saturated heterocycles. The first-order chi connectivity index (χ1) is 17.6. The van der Waals surface area contributed by atoms with E-state index in [0.717, 1.165) is 62.4 Å². The Kier molecular flexibility index (Phi) is 7.10. The number of piperidine rings is 1. The van der Waals surface area contributed by atoms with E-state index in [4.69, 9.17) is 0 Å². The fourth-order valence-corrected chi connectivity index (χ4v) is 6.45. The van der Waals surface area contributed by atoms with E-state index in [-0.39, 0.29) is 23.1 Å². The molecule has 2 aliphatic carbocycles. The highest BCUT2D eigenvalue weighted by molar-refractivity contribution is 5.91. The zero-order chi connectivity index (χ0) is 26.2. The van der Waals surface area contributed by atoms with Gasteiger partial charge in [0, 0.05) is 37.7 Å². The number of likely N-dealkylation sites (N-methyl/N-ethyl adjacent to an activating group) is 1. The van der Waals surface area contributed by atoms with Crippen molar-refractivity contribution in [1.82, 2.24) is 9.80 Å². The summed E-state index contributed by atoms with van der Waals surface area (Å²) in [6, 6.07) is 12.6. The number of aromatic hydroxyl groups is 1. The lowest BCUT2D eigenvalue weighted by Gasteiger charge is -2.54. The van der Waals surface area contributed by atoms with E-state index in [9.17, 15) is 23.1 Å². The molecule has 2 aromatic carbocycles. The number of hydrogen-bond acceptors (Lipinski definition) is 3. The van der Waals surface area contributed by atoms with Gasteiger partial charge in [0.1, 0.15) is 5.75 Å². The molecule has 1 N–H and O–H groups in total. The van der Waals surface area contributed by atoms with Crippen molar-refractivity contribution in [3.05, 3.63) is 71.3 Å². The number of nitrogens with zero attached hydrogens (tertiary/aromatic N) is 2. The van der Waals surface area contributed by atoms with Crippen LogP contribution in [0.5, 0.6) is 5.75 Å². The van der Waals surface area contributed by atoms with Crippen LogP contribution in [0.2, 0.25) is 0 Å². The molecule has 3 atom stereocenters. The Morgan fingerprint density at radius 1 is 1.14 bits per heavy atom. The number of benzene rings is 2. The first-order valence-electron chi connectivity index (χ1n) is 13.3. The summed E-state index contributed by atoms with van der Waals surface area (Å²) < 4.78 is 39.1. The molecule has 1 aliphatic heterocycles. The second kappa shape index (κ2) is 10.2. The molecule has 2 aromatic rings. The van der Waals surface area contributed by atoms with Crippen LogP contribution in [0.25, 0.3) is 6.08 Å². The highest BCUT2D eigenvalue weighted by Crippen LogP contribution is 2.51. The number of likely N-dealkylation sites (tertiary alicyclic amines) is 1. The third-order valence-corrected chi connectivity index (χ3v) is 8.74. The SMILES string of the molecule is CN(C(=O)/C=C/c1cccc(C(F)(F)F)c1)C1CC[C@H]2CN(CC3CC3)CC[C@]2(c2cccc(O)c2)C1. The van der Waals surface area contributed by atoms with E-state index in [2.05, 4.69) is 11.0 Å². The number of carbonyl (C=O) groups excluding carboxylic acids is 1. The predicted octanol–water partition coefficient (Wildman–Crippen LogP) is 6.11. The monoisotopic (exact) mass is 512 g/mol. The van der Waals surface area contributed by atoms with Crippen molar-refractivity contribution in [3.63, 3.8) is 0 Å². The maximum atomic E-state index is 13.1. The van der Waals surface area contributed by atoms with Gasteiger partial charge in [0.05, 0.1) is 5.56 Å². The smallest absolute Gasteiger partial charge is 0.416 e. The van der Waals surface area contributed by atoms with Gasteiger partial charge in [-0.2, -0.15) is 13.2 Å². The number of carbonyl (C=O) groups is 1. The van der Waals surface area contributed by atoms with Gasteiger partial charge in [0.2, 0.25) is 5.91 Å². The average Bonchev–Trinajstić information content (AvgIpc) is 3.70. The molecule has 0 radical (unpaired) electrons. The Bertz CT molecular complexity index is 1160. The Morgan fingerprint density at radius 2 is 1.92 bits per heavy atom. The molecule has 1 amide bonds. The van der Waals surface area contributed by atoms with Gasteiger partial charge >= 0.3 is 6.18 Å². The Hall–Kier alpha value is -2.80. The van der Waals surface area contributed by atoms with E-state index in [1.807, 2.05) is 12.1 Å². The van der Waals surface area contributed by atoms with Crippen LogP contribution in [0.15, 0.2) is 54.6 Å². The molecule has 198 valence electrons. The Labute approximate surface area is 216 Å². The van der Waals surface area contributed by atoms with Crippen molar-refractivity contribution < 1.29 is 23.1 Å². The number of halogens is 3. The second-order valence-electron chi connectivity index (χ2n) is 11.2. The topological polar surface area (TPSA) is 43.8 Å². The Morgan fingerprint density at radius 3 is 2.65 bits per heavy atom. The van der Waals surface area contributed by atoms with Crippen LogP contribution in [0.3, 0.4) is 0 Å². The minimum atomic E-state index is -4.42. The lowest BCUT2D eigenvalue weighted by atomic mass is 9.57. The molecule has 0 spiro atoms. The highest BCUT2D eigenvalue weighted by Gasteiger charge is 2.49. The summed E-state index contributed by atoms with van der Waals surface area (Å²) in [7, 11) is 1.79. The maximum absolute atomic E-state index is 13.1. The molecular formula is C30H35F3N2O2. The van der Waals surface area contributed by atoms with E-state index in [1.54, 1.807) is 24.1 Å². The summed E-state index contributed by atoms with van der Waals surface area (Å²) in [6.45, 7) is 3.24. The number of amides is 1. The van der Waals surface area contributed by atoms with Crippen molar-refractivity contribution in [3.8, 4) is 5.75 Å². The molecule has 1 unspecified atom stereocenters.